The molecule has 0 saturated carbocycles. The zero-order valence-corrected chi connectivity index (χ0v) is 23.5. The predicted octanol–water partition coefficient (Wildman–Crippen LogP) is 6.72. The molecule has 0 radical (unpaired) electrons. The molecule has 6 nitrogen and oxygen atoms in total. The Morgan fingerprint density at radius 1 is 1.14 bits per heavy atom. The smallest absolute Gasteiger partial charge is 0.257 e. The van der Waals surface area contributed by atoms with Gasteiger partial charge in [-0.1, -0.05) is 17.7 Å². The lowest BCUT2D eigenvalue weighted by atomic mass is 9.96. The van der Waals surface area contributed by atoms with E-state index in [1.54, 1.807) is 0 Å². The van der Waals surface area contributed by atoms with Crippen molar-refractivity contribution in [3.05, 3.63) is 76.8 Å². The first-order valence-corrected chi connectivity index (χ1v) is 12.6. The second-order valence-electron chi connectivity index (χ2n) is 9.50. The maximum atomic E-state index is 13.3. The molecular weight excluding hydrogens is 536 g/mol. The maximum absolute atomic E-state index is 13.3. The number of hydrogen-bond donors (Lipinski definition) is 2. The largest absolute Gasteiger partial charge is 0.385 e. The number of piperidine rings is 1. The van der Waals surface area contributed by atoms with Gasteiger partial charge in [-0.25, -0.2) is 4.39 Å². The van der Waals surface area contributed by atoms with Crippen molar-refractivity contribution in [1.82, 2.24) is 14.7 Å². The highest BCUT2D eigenvalue weighted by molar-refractivity contribution is 6.34. The molecule has 1 aliphatic heterocycles. The van der Waals surface area contributed by atoms with Crippen molar-refractivity contribution in [2.75, 3.05) is 36.8 Å². The molecule has 4 rings (SSSR count). The highest BCUT2D eigenvalue weighted by atomic mass is 35.5. The van der Waals surface area contributed by atoms with E-state index in [0.717, 1.165) is 57.2 Å². The van der Waals surface area contributed by atoms with E-state index in [4.69, 9.17) is 11.6 Å². The Kier molecular flexibility index (Phi) is 12.2. The van der Waals surface area contributed by atoms with Crippen molar-refractivity contribution in [2.24, 2.45) is 5.92 Å². The number of aromatic nitrogens is 2. The Balaban J connectivity index is 0.00000241. The Labute approximate surface area is 235 Å². The molecule has 0 spiro atoms. The third-order valence-corrected chi connectivity index (χ3v) is 6.81. The summed E-state index contributed by atoms with van der Waals surface area (Å²) in [6.45, 7) is 8.48. The summed E-state index contributed by atoms with van der Waals surface area (Å²) >= 11 is 6.01. The number of likely N-dealkylation sites (tertiary alicyclic amines) is 1. The van der Waals surface area contributed by atoms with Crippen LogP contribution in [0.4, 0.5) is 15.8 Å². The summed E-state index contributed by atoms with van der Waals surface area (Å²) in [4.78, 5) is 15.1. The summed E-state index contributed by atoms with van der Waals surface area (Å²) in [6.07, 6.45) is 7.51. The fourth-order valence-corrected chi connectivity index (χ4v) is 4.58. The molecule has 2 aromatic carbocycles. The van der Waals surface area contributed by atoms with Crippen LogP contribution in [0.25, 0.3) is 0 Å². The van der Waals surface area contributed by atoms with E-state index in [1.807, 2.05) is 35.1 Å². The summed E-state index contributed by atoms with van der Waals surface area (Å²) in [5.74, 6) is -0.218. The SMILES string of the molecule is CC(C)n1cc(CCN2CCC(CNc3cccc(NC(=O)c4ccc(F)cc4Cl)c3)CC2)cn1.Cl.Cl. The van der Waals surface area contributed by atoms with Gasteiger partial charge >= 0.3 is 0 Å². The molecule has 1 saturated heterocycles. The summed E-state index contributed by atoms with van der Waals surface area (Å²) in [7, 11) is 0. The van der Waals surface area contributed by atoms with Crippen LogP contribution < -0.4 is 10.6 Å². The third-order valence-electron chi connectivity index (χ3n) is 6.50. The van der Waals surface area contributed by atoms with Crippen molar-refractivity contribution >= 4 is 53.7 Å². The van der Waals surface area contributed by atoms with Gasteiger partial charge in [-0.2, -0.15) is 5.10 Å². The first kappa shape index (κ1) is 30.9. The molecule has 10 heteroatoms. The van der Waals surface area contributed by atoms with Gasteiger partial charge in [-0.05, 0) is 94.1 Å². The van der Waals surface area contributed by atoms with Gasteiger partial charge in [0.15, 0.2) is 0 Å². The van der Waals surface area contributed by atoms with Crippen LogP contribution in [-0.2, 0) is 6.42 Å². The molecular formula is C27H35Cl3FN5O. The molecule has 1 aliphatic rings. The van der Waals surface area contributed by atoms with E-state index in [0.29, 0.717) is 17.6 Å². The minimum Gasteiger partial charge on any atom is -0.385 e. The van der Waals surface area contributed by atoms with Crippen LogP contribution in [-0.4, -0.2) is 46.8 Å². The van der Waals surface area contributed by atoms with Gasteiger partial charge in [0.05, 0.1) is 16.8 Å². The number of halogens is 4. The van der Waals surface area contributed by atoms with Gasteiger partial charge in [-0.15, -0.1) is 24.8 Å². The number of nitrogens with one attached hydrogen (secondary N) is 2. The lowest BCUT2D eigenvalue weighted by Crippen LogP contribution is -2.37. The number of nitrogens with zero attached hydrogens (tertiary/aromatic N) is 3. The van der Waals surface area contributed by atoms with E-state index in [9.17, 15) is 9.18 Å². The first-order valence-electron chi connectivity index (χ1n) is 12.2. The summed E-state index contributed by atoms with van der Waals surface area (Å²) in [5, 5.41) is 10.9. The van der Waals surface area contributed by atoms with Crippen molar-refractivity contribution in [2.45, 2.75) is 39.2 Å². The lowest BCUT2D eigenvalue weighted by Gasteiger charge is -2.32. The average molecular weight is 571 g/mol. The van der Waals surface area contributed by atoms with E-state index in [-0.39, 0.29) is 41.3 Å². The normalized spacial score (nSPS) is 14.1. The van der Waals surface area contributed by atoms with Gasteiger partial charge in [0.2, 0.25) is 0 Å². The zero-order valence-electron chi connectivity index (χ0n) is 21.1. The van der Waals surface area contributed by atoms with Crippen molar-refractivity contribution in [3.8, 4) is 0 Å². The molecule has 1 aromatic heterocycles. The maximum Gasteiger partial charge on any atom is 0.257 e. The highest BCUT2D eigenvalue weighted by Crippen LogP contribution is 2.22. The number of hydrogen-bond acceptors (Lipinski definition) is 4. The van der Waals surface area contributed by atoms with E-state index in [2.05, 4.69) is 40.7 Å². The average Bonchev–Trinajstić information content (AvgIpc) is 3.32. The zero-order chi connectivity index (χ0) is 24.8. The Morgan fingerprint density at radius 3 is 2.54 bits per heavy atom. The molecule has 37 heavy (non-hydrogen) atoms. The molecule has 2 heterocycles. The number of rotatable bonds is 9. The molecule has 0 bridgehead atoms. The van der Waals surface area contributed by atoms with Crippen molar-refractivity contribution in [3.63, 3.8) is 0 Å². The quantitative estimate of drug-likeness (QED) is 0.300. The fourth-order valence-electron chi connectivity index (χ4n) is 4.33. The molecule has 1 fully saturated rings. The van der Waals surface area contributed by atoms with Crippen molar-refractivity contribution < 1.29 is 9.18 Å². The molecule has 0 aliphatic carbocycles. The summed E-state index contributed by atoms with van der Waals surface area (Å²) < 4.78 is 15.3. The standard InChI is InChI=1S/C27H33ClFN5O.2ClH/c1-19(2)34-18-21(17-31-34)10-13-33-11-8-20(9-12-33)16-30-23-4-3-5-24(15-23)32-27(35)25-7-6-22(29)14-26(25)28;;/h3-7,14-15,17-20,30H,8-13,16H2,1-2H3,(H,32,35);2*1H. The van der Waals surface area contributed by atoms with Gasteiger partial charge < -0.3 is 15.5 Å². The number of benzene rings is 2. The van der Waals surface area contributed by atoms with Gasteiger partial charge in [-0.3, -0.25) is 9.48 Å². The molecule has 0 unspecified atom stereocenters. The number of anilines is 2. The number of amides is 1. The lowest BCUT2D eigenvalue weighted by molar-refractivity contribution is 0.102. The van der Waals surface area contributed by atoms with Crippen LogP contribution in [0, 0.1) is 11.7 Å². The van der Waals surface area contributed by atoms with Crippen molar-refractivity contribution in [1.29, 1.82) is 0 Å². The summed E-state index contributed by atoms with van der Waals surface area (Å²) in [5.41, 5.74) is 3.16. The molecule has 1 amide bonds. The van der Waals surface area contributed by atoms with Gasteiger partial charge in [0.25, 0.3) is 5.91 Å². The number of carbonyl (C=O) groups excluding carboxylic acids is 1. The Hall–Kier alpha value is -2.32. The van der Waals surface area contributed by atoms with E-state index in [1.165, 1.54) is 17.7 Å². The summed E-state index contributed by atoms with van der Waals surface area (Å²) in [6, 6.07) is 11.8. The molecule has 2 N–H and O–H groups in total. The Morgan fingerprint density at radius 2 is 1.86 bits per heavy atom. The van der Waals surface area contributed by atoms with E-state index >= 15 is 0 Å². The predicted molar refractivity (Wildman–Crippen MR) is 154 cm³/mol. The Bertz CT molecular complexity index is 1150. The van der Waals surface area contributed by atoms with Gasteiger partial charge in [0, 0.05) is 36.7 Å². The van der Waals surface area contributed by atoms with Crippen LogP contribution in [0.1, 0.15) is 48.7 Å². The van der Waals surface area contributed by atoms with Crippen LogP contribution in [0.3, 0.4) is 0 Å². The van der Waals surface area contributed by atoms with Crippen LogP contribution in [0.15, 0.2) is 54.9 Å². The molecule has 3 aromatic rings. The van der Waals surface area contributed by atoms with E-state index < -0.39 is 5.82 Å². The first-order chi connectivity index (χ1) is 16.9. The topological polar surface area (TPSA) is 62.2 Å². The van der Waals surface area contributed by atoms with Crippen LogP contribution in [0.2, 0.25) is 5.02 Å². The van der Waals surface area contributed by atoms with Crippen LogP contribution >= 0.6 is 36.4 Å². The van der Waals surface area contributed by atoms with Gasteiger partial charge in [0.1, 0.15) is 5.82 Å². The minimum atomic E-state index is -0.470. The fraction of sp³-hybridized carbons (Fsp3) is 0.407. The molecule has 0 atom stereocenters. The monoisotopic (exact) mass is 569 g/mol. The second-order valence-corrected chi connectivity index (χ2v) is 9.90. The minimum absolute atomic E-state index is 0. The highest BCUT2D eigenvalue weighted by Gasteiger charge is 2.19. The van der Waals surface area contributed by atoms with Crippen LogP contribution in [0.5, 0.6) is 0 Å². The third kappa shape index (κ3) is 8.88. The molecule has 202 valence electrons. The number of carbonyl (C=O) groups is 1. The second kappa shape index (κ2) is 14.6.